The summed E-state index contributed by atoms with van der Waals surface area (Å²) < 4.78 is 11.2. The molecule has 0 saturated heterocycles. The molecule has 1 unspecified atom stereocenters. The number of nitrogens with zero attached hydrogens (tertiary/aromatic N) is 3. The molecule has 1 amide bonds. The Labute approximate surface area is 129 Å². The molecule has 0 bridgehead atoms. The van der Waals surface area contributed by atoms with Gasteiger partial charge in [-0.1, -0.05) is 0 Å². The zero-order chi connectivity index (χ0) is 17.1. The number of hydrogen-bond acceptors (Lipinski definition) is 6. The Morgan fingerprint density at radius 1 is 1.41 bits per heavy atom. The molecule has 0 fully saturated rings. The highest BCUT2D eigenvalue weighted by atomic mass is 16.6. The fraction of sp³-hybridized carbons (Fsp3) is 0.571. The maximum absolute atomic E-state index is 12.1. The Morgan fingerprint density at radius 2 is 2.00 bits per heavy atom. The summed E-state index contributed by atoms with van der Waals surface area (Å²) in [4.78, 5) is 36.4. The predicted molar refractivity (Wildman–Crippen MR) is 77.3 cm³/mol. The van der Waals surface area contributed by atoms with Crippen molar-refractivity contribution in [3.8, 4) is 0 Å². The van der Waals surface area contributed by atoms with Gasteiger partial charge in [-0.3, -0.25) is 9.58 Å². The highest BCUT2D eigenvalue weighted by Gasteiger charge is 2.31. The van der Waals surface area contributed by atoms with Gasteiger partial charge in [-0.2, -0.15) is 5.10 Å². The summed E-state index contributed by atoms with van der Waals surface area (Å²) in [7, 11) is 4.24. The van der Waals surface area contributed by atoms with Crippen LogP contribution in [0.4, 0.5) is 4.79 Å². The molecule has 122 valence electrons. The molecule has 1 heterocycles. The summed E-state index contributed by atoms with van der Waals surface area (Å²) in [6.45, 7) is 5.16. The Hall–Kier alpha value is -2.38. The molecule has 0 spiro atoms. The van der Waals surface area contributed by atoms with E-state index in [0.717, 1.165) is 4.90 Å². The van der Waals surface area contributed by atoms with Crippen LogP contribution in [0.25, 0.3) is 0 Å². The van der Waals surface area contributed by atoms with Gasteiger partial charge in [0.25, 0.3) is 0 Å². The zero-order valence-electron chi connectivity index (χ0n) is 13.6. The summed E-state index contributed by atoms with van der Waals surface area (Å²) in [5.41, 5.74) is -0.436. The van der Waals surface area contributed by atoms with Crippen LogP contribution in [0.1, 0.15) is 42.9 Å². The van der Waals surface area contributed by atoms with Crippen molar-refractivity contribution in [2.45, 2.75) is 32.4 Å². The van der Waals surface area contributed by atoms with E-state index in [1.807, 2.05) is 0 Å². The zero-order valence-corrected chi connectivity index (χ0v) is 13.6. The minimum Gasteiger partial charge on any atom is -0.464 e. The minimum absolute atomic E-state index is 0.0162. The van der Waals surface area contributed by atoms with Gasteiger partial charge in [-0.15, -0.1) is 0 Å². The van der Waals surface area contributed by atoms with Crippen LogP contribution in [0.2, 0.25) is 0 Å². The fourth-order valence-electron chi connectivity index (χ4n) is 1.80. The number of aromatic nitrogens is 2. The van der Waals surface area contributed by atoms with Crippen LogP contribution in [0, 0.1) is 0 Å². The molecule has 1 aromatic rings. The summed E-state index contributed by atoms with van der Waals surface area (Å²) in [5, 5.41) is 3.97. The predicted octanol–water partition coefficient (Wildman–Crippen LogP) is 1.31. The number of ether oxygens (including phenoxy) is 2. The first-order chi connectivity index (χ1) is 10.1. The lowest BCUT2D eigenvalue weighted by atomic mass is 10.1. The highest BCUT2D eigenvalue weighted by Crippen LogP contribution is 2.23. The number of likely N-dealkylation sites (N-methyl/N-ethyl adjacent to an activating group) is 1. The lowest BCUT2D eigenvalue weighted by Crippen LogP contribution is -2.37. The van der Waals surface area contributed by atoms with Gasteiger partial charge in [0.05, 0.1) is 7.11 Å². The molecule has 1 atom stereocenters. The standard InChI is InChI=1S/C14H21N3O5/c1-14(2,3)22-13(20)17(5)10(8-18)9-7-16(4)15-11(9)12(19)21-6/h7-8,10H,1-6H3. The van der Waals surface area contributed by atoms with Gasteiger partial charge in [0.1, 0.15) is 17.9 Å². The highest BCUT2D eigenvalue weighted by molar-refractivity contribution is 5.90. The van der Waals surface area contributed by atoms with Crippen molar-refractivity contribution in [1.29, 1.82) is 0 Å². The van der Waals surface area contributed by atoms with Gasteiger partial charge in [0, 0.05) is 25.9 Å². The van der Waals surface area contributed by atoms with E-state index in [1.54, 1.807) is 27.8 Å². The lowest BCUT2D eigenvalue weighted by Gasteiger charge is -2.27. The van der Waals surface area contributed by atoms with E-state index < -0.39 is 23.7 Å². The summed E-state index contributed by atoms with van der Waals surface area (Å²) in [6.07, 6.45) is 1.36. The maximum Gasteiger partial charge on any atom is 0.410 e. The Balaban J connectivity index is 3.13. The molecule has 22 heavy (non-hydrogen) atoms. The number of aryl methyl sites for hydroxylation is 1. The minimum atomic E-state index is -1.00. The van der Waals surface area contributed by atoms with Gasteiger partial charge in [-0.05, 0) is 20.8 Å². The number of aldehydes is 1. The van der Waals surface area contributed by atoms with E-state index >= 15 is 0 Å². The third kappa shape index (κ3) is 4.06. The molecule has 0 aliphatic carbocycles. The van der Waals surface area contributed by atoms with Crippen molar-refractivity contribution >= 4 is 18.3 Å². The van der Waals surface area contributed by atoms with Crippen LogP contribution in [0.3, 0.4) is 0 Å². The number of methoxy groups -OCH3 is 1. The van der Waals surface area contributed by atoms with Crippen LogP contribution in [0.15, 0.2) is 6.20 Å². The first-order valence-electron chi connectivity index (χ1n) is 6.63. The number of carbonyl (C=O) groups excluding carboxylic acids is 3. The third-order valence-electron chi connectivity index (χ3n) is 2.78. The number of hydrogen-bond donors (Lipinski definition) is 0. The average Bonchev–Trinajstić information content (AvgIpc) is 2.78. The second kappa shape index (κ2) is 6.59. The van der Waals surface area contributed by atoms with Gasteiger partial charge >= 0.3 is 12.1 Å². The molecule has 0 N–H and O–H groups in total. The van der Waals surface area contributed by atoms with Crippen LogP contribution in [-0.4, -0.2) is 52.8 Å². The molecule has 8 nitrogen and oxygen atoms in total. The second-order valence-electron chi connectivity index (χ2n) is 5.77. The average molecular weight is 311 g/mol. The van der Waals surface area contributed by atoms with E-state index in [4.69, 9.17) is 4.74 Å². The van der Waals surface area contributed by atoms with E-state index in [9.17, 15) is 14.4 Å². The number of rotatable bonds is 4. The molecular formula is C14H21N3O5. The summed E-state index contributed by atoms with van der Waals surface area (Å²) in [6, 6.07) is -1.00. The van der Waals surface area contributed by atoms with Crippen molar-refractivity contribution in [3.05, 3.63) is 17.5 Å². The molecule has 0 radical (unpaired) electrons. The van der Waals surface area contributed by atoms with E-state index in [-0.39, 0.29) is 11.3 Å². The monoisotopic (exact) mass is 311 g/mol. The van der Waals surface area contributed by atoms with Crippen LogP contribution in [-0.2, 0) is 21.3 Å². The number of esters is 1. The second-order valence-corrected chi connectivity index (χ2v) is 5.77. The van der Waals surface area contributed by atoms with Crippen molar-refractivity contribution < 1.29 is 23.9 Å². The molecule has 0 aliphatic rings. The maximum atomic E-state index is 12.1. The summed E-state index contributed by atoms with van der Waals surface area (Å²) in [5.74, 6) is -0.681. The molecule has 0 aliphatic heterocycles. The first kappa shape index (κ1) is 17.7. The summed E-state index contributed by atoms with van der Waals surface area (Å²) >= 11 is 0. The normalized spacial score (nSPS) is 12.5. The smallest absolute Gasteiger partial charge is 0.410 e. The van der Waals surface area contributed by atoms with E-state index in [2.05, 4.69) is 9.84 Å². The van der Waals surface area contributed by atoms with E-state index in [1.165, 1.54) is 25.0 Å². The third-order valence-corrected chi connectivity index (χ3v) is 2.78. The van der Waals surface area contributed by atoms with Crippen LogP contribution >= 0.6 is 0 Å². The van der Waals surface area contributed by atoms with Gasteiger partial charge in [-0.25, -0.2) is 9.59 Å². The van der Waals surface area contributed by atoms with Gasteiger partial charge in [0.2, 0.25) is 0 Å². The van der Waals surface area contributed by atoms with Crippen molar-refractivity contribution in [2.24, 2.45) is 7.05 Å². The van der Waals surface area contributed by atoms with Crippen LogP contribution < -0.4 is 0 Å². The van der Waals surface area contributed by atoms with E-state index in [0.29, 0.717) is 6.29 Å². The van der Waals surface area contributed by atoms with Gasteiger partial charge in [0.15, 0.2) is 5.69 Å². The molecule has 0 saturated carbocycles. The van der Waals surface area contributed by atoms with Crippen molar-refractivity contribution in [2.75, 3.05) is 14.2 Å². The first-order valence-corrected chi connectivity index (χ1v) is 6.63. The number of carbonyl (C=O) groups is 3. The largest absolute Gasteiger partial charge is 0.464 e. The van der Waals surface area contributed by atoms with Gasteiger partial charge < -0.3 is 14.3 Å². The Kier molecular flexibility index (Phi) is 5.29. The Bertz CT molecular complexity index is 574. The molecule has 0 aromatic carbocycles. The molecule has 8 heteroatoms. The Morgan fingerprint density at radius 3 is 2.45 bits per heavy atom. The SMILES string of the molecule is COC(=O)c1nn(C)cc1C(C=O)N(C)C(=O)OC(C)(C)C. The topological polar surface area (TPSA) is 90.7 Å². The fourth-order valence-corrected chi connectivity index (χ4v) is 1.80. The number of amides is 1. The lowest BCUT2D eigenvalue weighted by molar-refractivity contribution is -0.112. The molecular weight excluding hydrogens is 290 g/mol. The molecule has 1 rings (SSSR count). The van der Waals surface area contributed by atoms with Crippen LogP contribution in [0.5, 0.6) is 0 Å². The van der Waals surface area contributed by atoms with Crippen molar-refractivity contribution in [3.63, 3.8) is 0 Å². The van der Waals surface area contributed by atoms with Crippen molar-refractivity contribution in [1.82, 2.24) is 14.7 Å². The quantitative estimate of drug-likeness (QED) is 0.615. The molecule has 1 aromatic heterocycles.